The molecule has 4 heterocycles. The number of hydrogen-bond acceptors (Lipinski definition) is 10. The molecule has 0 atom stereocenters. The van der Waals surface area contributed by atoms with Crippen molar-refractivity contribution in [2.24, 2.45) is 0 Å². The zero-order valence-corrected chi connectivity index (χ0v) is 25.0. The second-order valence-electron chi connectivity index (χ2n) is 10.3. The summed E-state index contributed by atoms with van der Waals surface area (Å²) in [6.45, 7) is 6.79. The van der Waals surface area contributed by atoms with Crippen LogP contribution in [0.5, 0.6) is 16.7 Å². The molecule has 0 spiro atoms. The molecule has 0 saturated carbocycles. The van der Waals surface area contributed by atoms with Crippen molar-refractivity contribution >= 4 is 45.3 Å². The Balaban J connectivity index is 1.18. The predicted molar refractivity (Wildman–Crippen MR) is 169 cm³/mol. The van der Waals surface area contributed by atoms with Gasteiger partial charge < -0.3 is 25.0 Å². The Morgan fingerprint density at radius 2 is 1.91 bits per heavy atom. The molecule has 12 heteroatoms. The lowest BCUT2D eigenvalue weighted by atomic mass is 10.0. The van der Waals surface area contributed by atoms with Gasteiger partial charge in [0, 0.05) is 60.3 Å². The smallest absolute Gasteiger partial charge is 0.279 e. The zero-order valence-electron chi connectivity index (χ0n) is 24.2. The maximum atomic E-state index is 15.3. The van der Waals surface area contributed by atoms with Crippen LogP contribution >= 0.6 is 11.3 Å². The van der Waals surface area contributed by atoms with Crippen molar-refractivity contribution in [3.8, 4) is 27.1 Å². The molecule has 2 N–H and O–H groups in total. The fourth-order valence-corrected chi connectivity index (χ4v) is 5.78. The second-order valence-corrected chi connectivity index (χ2v) is 11.3. The number of hydrogen-bond donors (Lipinski definition) is 2. The Morgan fingerprint density at radius 1 is 1.07 bits per heavy atom. The summed E-state index contributed by atoms with van der Waals surface area (Å²) in [5.41, 5.74) is 3.50. The molecule has 6 rings (SSSR count). The van der Waals surface area contributed by atoms with Crippen LogP contribution in [0.15, 0.2) is 73.8 Å². The van der Waals surface area contributed by atoms with Crippen LogP contribution in [0.1, 0.15) is 18.5 Å². The van der Waals surface area contributed by atoms with Gasteiger partial charge in [0.05, 0.1) is 28.9 Å². The molecule has 1 aliphatic rings. The number of aryl methyl sites for hydroxylation is 1. The van der Waals surface area contributed by atoms with Gasteiger partial charge in [-0.05, 0) is 50.1 Å². The quantitative estimate of drug-likeness (QED) is 0.175. The molecule has 1 saturated heterocycles. The van der Waals surface area contributed by atoms with E-state index in [4.69, 9.17) is 9.47 Å². The Hall–Kier alpha value is -5.10. The maximum absolute atomic E-state index is 15.3. The van der Waals surface area contributed by atoms with Crippen LogP contribution in [0.2, 0.25) is 0 Å². The topological polar surface area (TPSA) is 114 Å². The van der Waals surface area contributed by atoms with Gasteiger partial charge in [-0.3, -0.25) is 9.78 Å². The van der Waals surface area contributed by atoms with Crippen LogP contribution in [-0.4, -0.2) is 57.0 Å². The van der Waals surface area contributed by atoms with Crippen LogP contribution < -0.4 is 20.1 Å². The minimum Gasteiger partial charge on any atom is -0.495 e. The van der Waals surface area contributed by atoms with E-state index in [0.29, 0.717) is 46.5 Å². The van der Waals surface area contributed by atoms with Gasteiger partial charge in [0.1, 0.15) is 29.5 Å². The van der Waals surface area contributed by atoms with E-state index in [1.807, 2.05) is 31.2 Å². The Labute approximate surface area is 257 Å². The molecule has 1 amide bonds. The summed E-state index contributed by atoms with van der Waals surface area (Å²) in [4.78, 5) is 32.1. The molecule has 3 aromatic heterocycles. The van der Waals surface area contributed by atoms with Gasteiger partial charge in [-0.25, -0.2) is 19.3 Å². The van der Waals surface area contributed by atoms with Crippen molar-refractivity contribution in [3.63, 3.8) is 0 Å². The lowest BCUT2D eigenvalue weighted by Crippen LogP contribution is -2.41. The third-order valence-corrected chi connectivity index (χ3v) is 8.30. The van der Waals surface area contributed by atoms with Crippen molar-refractivity contribution in [1.82, 2.24) is 24.8 Å². The molecule has 1 fully saturated rings. The predicted octanol–water partition coefficient (Wildman–Crippen LogP) is 6.73. The highest BCUT2D eigenvalue weighted by atomic mass is 32.1. The number of carbonyl (C=O) groups is 1. The number of thiazole rings is 1. The molecule has 0 bridgehead atoms. The number of piperidine rings is 1. The summed E-state index contributed by atoms with van der Waals surface area (Å²) in [6.07, 6.45) is 7.83. The van der Waals surface area contributed by atoms with Gasteiger partial charge >= 0.3 is 0 Å². The number of fused-ring (bicyclic) bond motifs is 1. The molecule has 2 aromatic carbocycles. The number of likely N-dealkylation sites (tertiary alicyclic amines) is 1. The molecule has 0 radical (unpaired) electrons. The van der Waals surface area contributed by atoms with E-state index in [9.17, 15) is 4.79 Å². The summed E-state index contributed by atoms with van der Waals surface area (Å²) in [5.74, 6) is 0.820. The average molecular weight is 612 g/mol. The lowest BCUT2D eigenvalue weighted by Gasteiger charge is -2.32. The summed E-state index contributed by atoms with van der Waals surface area (Å²) in [5, 5.41) is 7.74. The van der Waals surface area contributed by atoms with Crippen LogP contribution in [0.4, 0.5) is 21.6 Å². The molecular formula is C32H30FN7O3S. The van der Waals surface area contributed by atoms with E-state index in [2.05, 4.69) is 37.1 Å². The monoisotopic (exact) mass is 611 g/mol. The van der Waals surface area contributed by atoms with E-state index in [1.54, 1.807) is 36.5 Å². The number of amides is 1. The van der Waals surface area contributed by atoms with Crippen molar-refractivity contribution in [2.75, 3.05) is 30.8 Å². The first-order valence-corrected chi connectivity index (χ1v) is 14.9. The first kappa shape index (κ1) is 29.0. The molecule has 0 aliphatic carbocycles. The van der Waals surface area contributed by atoms with E-state index in [1.165, 1.54) is 29.8 Å². The Bertz CT molecular complexity index is 1820. The molecule has 1 aliphatic heterocycles. The molecule has 44 heavy (non-hydrogen) atoms. The van der Waals surface area contributed by atoms with Gasteiger partial charge in [-0.2, -0.15) is 0 Å². The normalized spacial score (nSPS) is 13.5. The number of ether oxygens (including phenoxy) is 2. The van der Waals surface area contributed by atoms with Crippen molar-refractivity contribution in [2.45, 2.75) is 25.8 Å². The van der Waals surface area contributed by atoms with Crippen LogP contribution in [0.3, 0.4) is 0 Å². The molecule has 224 valence electrons. The standard InChI is InChI=1S/C32H30FN7O3S/c1-4-30(41)40-11-9-21(10-12-40)38-27-14-23-26(15-28(27)42-3)36-18-37-31(23)39-25-8-7-22(13-24(25)33)43-32-35-17-29(44-32)20-6-5-19(2)34-16-20/h4-8,13-18,21,38H,1,9-12H2,2-3H3,(H,36,37,39). The first-order chi connectivity index (χ1) is 21.4. The van der Waals surface area contributed by atoms with E-state index in [0.717, 1.165) is 34.7 Å². The number of carbonyl (C=O) groups excluding carboxylic acids is 1. The molecule has 10 nitrogen and oxygen atoms in total. The molecular weight excluding hydrogens is 581 g/mol. The van der Waals surface area contributed by atoms with E-state index < -0.39 is 5.82 Å². The van der Waals surface area contributed by atoms with Gasteiger partial charge in [-0.1, -0.05) is 24.0 Å². The first-order valence-electron chi connectivity index (χ1n) is 14.0. The maximum Gasteiger partial charge on any atom is 0.279 e. The van der Waals surface area contributed by atoms with E-state index in [-0.39, 0.29) is 17.6 Å². The summed E-state index contributed by atoms with van der Waals surface area (Å²) in [6, 6.07) is 12.3. The van der Waals surface area contributed by atoms with Gasteiger partial charge in [0.15, 0.2) is 0 Å². The number of nitrogens with one attached hydrogen (secondary N) is 2. The number of benzene rings is 2. The number of methoxy groups -OCH3 is 1. The highest BCUT2D eigenvalue weighted by Gasteiger charge is 2.23. The number of nitrogens with zero attached hydrogens (tertiary/aromatic N) is 5. The fourth-order valence-electron chi connectivity index (χ4n) is 5.00. The minimum atomic E-state index is -0.513. The number of aromatic nitrogens is 4. The molecule has 0 unspecified atom stereocenters. The van der Waals surface area contributed by atoms with Crippen LogP contribution in [-0.2, 0) is 4.79 Å². The second kappa shape index (κ2) is 12.6. The van der Waals surface area contributed by atoms with Gasteiger partial charge in [-0.15, -0.1) is 0 Å². The highest BCUT2D eigenvalue weighted by Crippen LogP contribution is 2.36. The van der Waals surface area contributed by atoms with Crippen LogP contribution in [0.25, 0.3) is 21.3 Å². The van der Waals surface area contributed by atoms with Gasteiger partial charge in [0.2, 0.25) is 5.91 Å². The van der Waals surface area contributed by atoms with Gasteiger partial charge in [0.25, 0.3) is 5.19 Å². The summed E-state index contributed by atoms with van der Waals surface area (Å²) < 4.78 is 26.8. The summed E-state index contributed by atoms with van der Waals surface area (Å²) >= 11 is 1.35. The third-order valence-electron chi connectivity index (χ3n) is 7.38. The Morgan fingerprint density at radius 3 is 2.64 bits per heavy atom. The number of anilines is 3. The number of halogens is 1. The molecule has 5 aromatic rings. The SMILES string of the molecule is C=CC(=O)N1CCC(Nc2cc3c(Nc4ccc(Oc5ncc(-c6ccc(C)nc6)s5)cc4F)ncnc3cc2OC)CC1. The van der Waals surface area contributed by atoms with E-state index >= 15 is 4.39 Å². The largest absolute Gasteiger partial charge is 0.495 e. The Kier molecular flexibility index (Phi) is 8.33. The third kappa shape index (κ3) is 6.30. The van der Waals surface area contributed by atoms with Crippen molar-refractivity contribution in [3.05, 3.63) is 85.4 Å². The number of rotatable bonds is 9. The minimum absolute atomic E-state index is 0.0559. The van der Waals surface area contributed by atoms with Crippen molar-refractivity contribution < 1.29 is 18.7 Å². The fraction of sp³-hybridized carbons (Fsp3) is 0.219. The van der Waals surface area contributed by atoms with Crippen molar-refractivity contribution in [1.29, 1.82) is 0 Å². The van der Waals surface area contributed by atoms with Crippen LogP contribution in [0, 0.1) is 12.7 Å². The zero-order chi connectivity index (χ0) is 30.6. The highest BCUT2D eigenvalue weighted by molar-refractivity contribution is 7.16. The summed E-state index contributed by atoms with van der Waals surface area (Å²) in [7, 11) is 1.60. The number of pyridine rings is 1. The average Bonchev–Trinajstić information content (AvgIpc) is 3.51. The lowest BCUT2D eigenvalue weighted by molar-refractivity contribution is -0.126.